The first-order valence-electron chi connectivity index (χ1n) is 38.1. The highest BCUT2D eigenvalue weighted by Gasteiger charge is 2.53. The average molecular weight is 1450 g/mol. The van der Waals surface area contributed by atoms with Crippen LogP contribution in [-0.2, 0) is 22.7 Å². The monoisotopic (exact) mass is 1450 g/mol. The van der Waals surface area contributed by atoms with Gasteiger partial charge in [0.1, 0.15) is 40.4 Å². The molecule has 0 N–H and O–H groups in total. The lowest BCUT2D eigenvalue weighted by molar-refractivity contribution is 0.482. The normalized spacial score (nSPS) is 16.4. The number of aryl methyl sites for hydroxylation is 1. The van der Waals surface area contributed by atoms with Gasteiger partial charge in [0, 0.05) is 23.0 Å². The Kier molecular flexibility index (Phi) is 16.2. The van der Waals surface area contributed by atoms with E-state index >= 15 is 13.2 Å². The van der Waals surface area contributed by atoms with Crippen molar-refractivity contribution < 1.29 is 22.6 Å². The molecular formula is C106H72F3NO2. The molecule has 3 nitrogen and oxygen atoms in total. The number of halogens is 3. The second kappa shape index (κ2) is 26.8. The van der Waals surface area contributed by atoms with Gasteiger partial charge in [0.2, 0.25) is 0 Å². The molecule has 6 heteroatoms. The van der Waals surface area contributed by atoms with Crippen LogP contribution < -0.4 is 14.4 Å². The van der Waals surface area contributed by atoms with E-state index in [2.05, 4.69) is 262 Å². The Hall–Kier alpha value is -13.8. The van der Waals surface area contributed by atoms with E-state index in [4.69, 9.17) is 9.47 Å². The van der Waals surface area contributed by atoms with Gasteiger partial charge in [-0.2, -0.15) is 0 Å². The van der Waals surface area contributed by atoms with Crippen molar-refractivity contribution >= 4 is 29.2 Å². The van der Waals surface area contributed by atoms with Crippen LogP contribution in [0.15, 0.2) is 377 Å². The van der Waals surface area contributed by atoms with Gasteiger partial charge in [-0.05, 0) is 268 Å². The van der Waals surface area contributed by atoms with Gasteiger partial charge in [0.25, 0.3) is 0 Å². The van der Waals surface area contributed by atoms with E-state index in [0.717, 1.165) is 162 Å². The number of hydrogen-bond acceptors (Lipinski definition) is 3. The molecule has 4 aliphatic carbocycles. The highest BCUT2D eigenvalue weighted by molar-refractivity contribution is 5.98. The molecule has 0 radical (unpaired) electrons. The Morgan fingerprint density at radius 3 is 1.15 bits per heavy atom. The maximum atomic E-state index is 16.4. The van der Waals surface area contributed by atoms with Gasteiger partial charge in [0.05, 0.1) is 16.2 Å². The van der Waals surface area contributed by atoms with Crippen molar-refractivity contribution in [1.82, 2.24) is 0 Å². The van der Waals surface area contributed by atoms with Crippen LogP contribution in [0.3, 0.4) is 0 Å². The van der Waals surface area contributed by atoms with Crippen molar-refractivity contribution in [2.24, 2.45) is 0 Å². The van der Waals surface area contributed by atoms with Crippen LogP contribution in [0.4, 0.5) is 30.2 Å². The lowest BCUT2D eigenvalue weighted by Crippen LogP contribution is -2.29. The third kappa shape index (κ3) is 10.6. The molecule has 4 unspecified atom stereocenters. The first-order valence-corrected chi connectivity index (χ1v) is 38.1. The van der Waals surface area contributed by atoms with Gasteiger partial charge in [-0.1, -0.05) is 280 Å². The van der Waals surface area contributed by atoms with E-state index in [9.17, 15) is 0 Å². The lowest BCUT2D eigenvalue weighted by atomic mass is 9.67. The number of rotatable bonds is 17. The quantitative estimate of drug-likeness (QED) is 0.0907. The predicted molar refractivity (Wildman–Crippen MR) is 448 cm³/mol. The second-order valence-corrected chi connectivity index (χ2v) is 29.9. The number of nitrogens with zero attached hydrogens (tertiary/aromatic N) is 1. The van der Waals surface area contributed by atoms with Crippen molar-refractivity contribution in [3.63, 3.8) is 0 Å². The Morgan fingerprint density at radius 1 is 0.295 bits per heavy atom. The molecule has 0 heterocycles. The molecule has 0 aromatic heterocycles. The number of hydrogen-bond donors (Lipinski definition) is 0. The number of fused-ring (bicyclic) bond motifs is 16. The van der Waals surface area contributed by atoms with Gasteiger partial charge in [0.15, 0.2) is 0 Å². The Morgan fingerprint density at radius 2 is 0.670 bits per heavy atom. The van der Waals surface area contributed by atoms with Crippen molar-refractivity contribution in [3.05, 3.63) is 495 Å². The molecule has 1 spiro atoms. The van der Waals surface area contributed by atoms with E-state index in [0.29, 0.717) is 23.6 Å². The minimum atomic E-state index is -1.03. The van der Waals surface area contributed by atoms with E-state index < -0.39 is 16.2 Å². The van der Waals surface area contributed by atoms with Gasteiger partial charge in [-0.3, -0.25) is 0 Å². The van der Waals surface area contributed by atoms with Gasteiger partial charge < -0.3 is 14.4 Å². The fraction of sp³-hybridized carbons (Fsp3) is 0.0566. The van der Waals surface area contributed by atoms with Crippen molar-refractivity contribution in [3.8, 4) is 67.5 Å². The molecular weight excluding hydrogens is 1380 g/mol. The largest absolute Gasteiger partial charge is 0.457 e. The maximum Gasteiger partial charge on any atom is 0.127 e. The van der Waals surface area contributed by atoms with Gasteiger partial charge in [-0.15, -0.1) is 0 Å². The second-order valence-electron chi connectivity index (χ2n) is 29.9. The van der Waals surface area contributed by atoms with Crippen LogP contribution >= 0.6 is 0 Å². The van der Waals surface area contributed by atoms with Crippen molar-refractivity contribution in [2.75, 3.05) is 4.90 Å². The summed E-state index contributed by atoms with van der Waals surface area (Å²) < 4.78 is 61.8. The van der Waals surface area contributed by atoms with Crippen LogP contribution in [0.1, 0.15) is 106 Å². The van der Waals surface area contributed by atoms with Crippen LogP contribution in [0.5, 0.6) is 23.0 Å². The average Bonchev–Trinajstić information content (AvgIpc) is 1.49. The molecule has 0 aliphatic heterocycles. The highest BCUT2D eigenvalue weighted by Crippen LogP contribution is 2.65. The molecule has 4 atom stereocenters. The lowest BCUT2D eigenvalue weighted by Gasteiger charge is -2.35. The standard InChI is InChI=1S/C106H72F3NO2/c1-4-68-34-46-83(47-35-68)111-85-50-40-73(41-51-85)104(75-20-14-18-67(3)58-75)96-30-10-6-26-87(96)92-55-39-72(62-101(92)104)95(71-19-15-22-77(107)61-71)59-70-38-54-91-89-28-8-12-32-98(89)106(100(91)60-70)99-33-13-9-29-90(99)94-57-45-82(66-103(94)106)110(80-25-17-24-79(109)64-80)81-44-56-93-88-27-7-11-31-97(88)105(102(93)65-81,76-21-16-23-78(108)63-76)74-42-52-86(53-43-74)112-84-48-36-69(5-2)37-49-84/h4-58,60-66,95H,1-2,59H2,3H3. The van der Waals surface area contributed by atoms with E-state index in [1.807, 2.05) is 84.9 Å². The summed E-state index contributed by atoms with van der Waals surface area (Å²) in [6.07, 6.45) is 4.17. The minimum absolute atomic E-state index is 0.297. The van der Waals surface area contributed by atoms with Gasteiger partial charge in [-0.25, -0.2) is 13.2 Å². The molecule has 112 heavy (non-hydrogen) atoms. The molecule has 16 aromatic rings. The molecule has 0 bridgehead atoms. The van der Waals surface area contributed by atoms with E-state index in [-0.39, 0.29) is 23.4 Å². The molecule has 0 amide bonds. The van der Waals surface area contributed by atoms with Gasteiger partial charge >= 0.3 is 0 Å². The summed E-state index contributed by atoms with van der Waals surface area (Å²) in [4.78, 5) is 2.17. The highest BCUT2D eigenvalue weighted by atomic mass is 19.1. The maximum absolute atomic E-state index is 16.4. The summed E-state index contributed by atoms with van der Waals surface area (Å²) in [5, 5.41) is 0. The fourth-order valence-corrected chi connectivity index (χ4v) is 19.1. The Bertz CT molecular complexity index is 6470. The third-order valence-electron chi connectivity index (χ3n) is 23.9. The van der Waals surface area contributed by atoms with E-state index in [1.54, 1.807) is 36.4 Å². The third-order valence-corrected chi connectivity index (χ3v) is 23.9. The SMILES string of the molecule is C=Cc1ccc(Oc2ccc(C3(c4cccc(C)c4)c4ccccc4-c4ccc(C(Cc5ccc6c(c5)C5(c7ccccc7-6)c6ccccc6-c6ccc(N(c7cccc(F)c7)c7ccc8c(c7)C(c7ccc(Oc9ccc(C=C)cc9)cc7)(c7cccc(F)c7)c7ccccc7-8)cc65)c5cccc(F)c5)cc43)cc2)cc1. The molecule has 16 aromatic carbocycles. The van der Waals surface area contributed by atoms with Crippen LogP contribution in [0.2, 0.25) is 0 Å². The number of benzene rings is 16. The van der Waals surface area contributed by atoms with Crippen LogP contribution in [0, 0.1) is 24.4 Å². The summed E-state index contributed by atoms with van der Waals surface area (Å²) in [6.45, 7) is 10.0. The minimum Gasteiger partial charge on any atom is -0.457 e. The Balaban J connectivity index is 0.738. The molecule has 20 rings (SSSR count). The number of anilines is 3. The zero-order valence-electron chi connectivity index (χ0n) is 61.4. The van der Waals surface area contributed by atoms with Crippen molar-refractivity contribution in [1.29, 1.82) is 0 Å². The molecule has 534 valence electrons. The summed E-state index contributed by atoms with van der Waals surface area (Å²) in [5.41, 5.74) is 27.4. The number of ether oxygens (including phenoxy) is 2. The summed E-state index contributed by atoms with van der Waals surface area (Å²) >= 11 is 0. The fourth-order valence-electron chi connectivity index (χ4n) is 19.1. The molecule has 0 saturated heterocycles. The predicted octanol–water partition coefficient (Wildman–Crippen LogP) is 27.2. The molecule has 4 aliphatic rings. The zero-order valence-corrected chi connectivity index (χ0v) is 61.4. The molecule has 0 fully saturated rings. The first-order chi connectivity index (χ1) is 55.0. The Labute approximate surface area is 650 Å². The first kappa shape index (κ1) is 67.5. The zero-order chi connectivity index (χ0) is 75.4. The van der Waals surface area contributed by atoms with Crippen molar-refractivity contribution in [2.45, 2.75) is 35.5 Å². The summed E-state index contributed by atoms with van der Waals surface area (Å²) in [7, 11) is 0. The smallest absolute Gasteiger partial charge is 0.127 e. The van der Waals surface area contributed by atoms with Crippen LogP contribution in [-0.4, -0.2) is 0 Å². The summed E-state index contributed by atoms with van der Waals surface area (Å²) in [5.74, 6) is 1.46. The van der Waals surface area contributed by atoms with Crippen LogP contribution in [0.25, 0.3) is 56.7 Å². The topological polar surface area (TPSA) is 21.7 Å². The summed E-state index contributed by atoms with van der Waals surface area (Å²) in [6, 6.07) is 125. The van der Waals surface area contributed by atoms with E-state index in [1.165, 1.54) is 23.8 Å². The molecule has 0 saturated carbocycles.